The Bertz CT molecular complexity index is 95.2. The molecule has 0 rings (SSSR count). The molecule has 74 valence electrons. The molecule has 1 heteroatoms. The Morgan fingerprint density at radius 3 is 2.00 bits per heavy atom. The van der Waals surface area contributed by atoms with Crippen LogP contribution in [0.2, 0.25) is 0 Å². The van der Waals surface area contributed by atoms with Crippen LogP contribution in [0.3, 0.4) is 0 Å². The Kier molecular flexibility index (Phi) is 7.02. The molecule has 0 bridgehead atoms. The van der Waals surface area contributed by atoms with Crippen LogP contribution in [-0.2, 0) is 0 Å². The predicted octanol–water partition coefficient (Wildman–Crippen LogP) is 4.20. The van der Waals surface area contributed by atoms with Gasteiger partial charge in [-0.2, -0.15) is 11.8 Å². The lowest BCUT2D eigenvalue weighted by Crippen LogP contribution is -2.21. The Hall–Kier alpha value is 0.350. The number of rotatable bonds is 6. The molecule has 0 aliphatic heterocycles. The van der Waals surface area contributed by atoms with Crippen molar-refractivity contribution in [1.29, 1.82) is 0 Å². The van der Waals surface area contributed by atoms with Crippen LogP contribution in [0.15, 0.2) is 0 Å². The van der Waals surface area contributed by atoms with Gasteiger partial charge in [-0.15, -0.1) is 0 Å². The zero-order chi connectivity index (χ0) is 9.56. The Balaban J connectivity index is 4.05. The molecule has 0 nitrogen and oxygen atoms in total. The van der Waals surface area contributed by atoms with Crippen LogP contribution >= 0.6 is 11.8 Å². The monoisotopic (exact) mass is 188 g/mol. The van der Waals surface area contributed by atoms with E-state index in [2.05, 4.69) is 34.0 Å². The lowest BCUT2D eigenvalue weighted by Gasteiger charge is -2.27. The van der Waals surface area contributed by atoms with E-state index < -0.39 is 0 Å². The summed E-state index contributed by atoms with van der Waals surface area (Å²) in [6.07, 6.45) is 6.31. The fourth-order valence-corrected chi connectivity index (χ4v) is 3.06. The third-order valence-corrected chi connectivity index (χ3v) is 3.95. The topological polar surface area (TPSA) is 0 Å². The number of thioether (sulfide) groups is 1. The van der Waals surface area contributed by atoms with Crippen molar-refractivity contribution in [1.82, 2.24) is 0 Å². The molecule has 0 aromatic carbocycles. The largest absolute Gasteiger partial charge is 0.162 e. The second-order valence-electron chi connectivity index (χ2n) is 3.88. The molecule has 0 heterocycles. The van der Waals surface area contributed by atoms with Crippen LogP contribution in [0.25, 0.3) is 0 Å². The molecule has 0 radical (unpaired) electrons. The molecule has 0 N–H and O–H groups in total. The van der Waals surface area contributed by atoms with Gasteiger partial charge in [0.05, 0.1) is 0 Å². The summed E-state index contributed by atoms with van der Waals surface area (Å²) < 4.78 is 0. The normalized spacial score (nSPS) is 16.5. The minimum atomic E-state index is 0.849. The van der Waals surface area contributed by atoms with Gasteiger partial charge in [-0.25, -0.2) is 0 Å². The van der Waals surface area contributed by atoms with Crippen molar-refractivity contribution in [3.63, 3.8) is 0 Å². The van der Waals surface area contributed by atoms with Crippen LogP contribution in [0.1, 0.15) is 47.0 Å². The summed E-state index contributed by atoms with van der Waals surface area (Å²) in [5.41, 5.74) is 0. The first kappa shape index (κ1) is 12.3. The highest BCUT2D eigenvalue weighted by molar-refractivity contribution is 7.99. The summed E-state index contributed by atoms with van der Waals surface area (Å²) in [7, 11) is 0. The molecule has 0 aromatic heterocycles. The fourth-order valence-electron chi connectivity index (χ4n) is 1.93. The first-order chi connectivity index (χ1) is 5.67. The van der Waals surface area contributed by atoms with E-state index in [9.17, 15) is 0 Å². The molecule has 0 aliphatic carbocycles. The van der Waals surface area contributed by atoms with Crippen molar-refractivity contribution < 1.29 is 0 Å². The van der Waals surface area contributed by atoms with Gasteiger partial charge in [0.15, 0.2) is 0 Å². The van der Waals surface area contributed by atoms with E-state index in [-0.39, 0.29) is 0 Å². The average molecular weight is 188 g/mol. The second kappa shape index (κ2) is 6.82. The van der Waals surface area contributed by atoms with Crippen LogP contribution in [0.4, 0.5) is 0 Å². The maximum Gasteiger partial charge on any atom is 0.00723 e. The summed E-state index contributed by atoms with van der Waals surface area (Å²) in [5, 5.41) is 0.880. The van der Waals surface area contributed by atoms with Gasteiger partial charge in [0.25, 0.3) is 0 Å². The van der Waals surface area contributed by atoms with E-state index in [0.29, 0.717) is 0 Å². The second-order valence-corrected chi connectivity index (χ2v) is 4.96. The third-order valence-electron chi connectivity index (χ3n) is 2.66. The van der Waals surface area contributed by atoms with E-state index in [1.165, 1.54) is 19.3 Å². The highest BCUT2D eigenvalue weighted by Crippen LogP contribution is 2.30. The lowest BCUT2D eigenvalue weighted by atomic mass is 9.87. The van der Waals surface area contributed by atoms with Crippen molar-refractivity contribution in [2.45, 2.75) is 52.2 Å². The van der Waals surface area contributed by atoms with Crippen LogP contribution in [0, 0.1) is 11.8 Å². The molecular formula is C11H24S. The quantitative estimate of drug-likeness (QED) is 0.602. The summed E-state index contributed by atoms with van der Waals surface area (Å²) >= 11 is 2.05. The van der Waals surface area contributed by atoms with Crippen LogP contribution < -0.4 is 0 Å². The molecule has 12 heavy (non-hydrogen) atoms. The van der Waals surface area contributed by atoms with Gasteiger partial charge < -0.3 is 0 Å². The third kappa shape index (κ3) is 3.84. The number of hydrogen-bond donors (Lipinski definition) is 0. The molecule has 0 amide bonds. The average Bonchev–Trinajstić information content (AvgIpc) is 2.05. The predicted molar refractivity (Wildman–Crippen MR) is 60.8 cm³/mol. The maximum atomic E-state index is 2.36. The van der Waals surface area contributed by atoms with Gasteiger partial charge in [0.1, 0.15) is 0 Å². The van der Waals surface area contributed by atoms with E-state index in [4.69, 9.17) is 0 Å². The van der Waals surface area contributed by atoms with Gasteiger partial charge >= 0.3 is 0 Å². The summed E-state index contributed by atoms with van der Waals surface area (Å²) in [6.45, 7) is 9.33. The smallest absolute Gasteiger partial charge is 0.00723 e. The van der Waals surface area contributed by atoms with E-state index in [1.807, 2.05) is 11.8 Å². The SMILES string of the molecule is CCCC(C(C)C)C(CC)SC. The molecule has 0 saturated heterocycles. The van der Waals surface area contributed by atoms with Crippen LogP contribution in [-0.4, -0.2) is 11.5 Å². The maximum absolute atomic E-state index is 2.36. The van der Waals surface area contributed by atoms with Crippen molar-refractivity contribution in [3.8, 4) is 0 Å². The molecule has 0 fully saturated rings. The lowest BCUT2D eigenvalue weighted by molar-refractivity contribution is 0.341. The first-order valence-electron chi connectivity index (χ1n) is 5.20. The van der Waals surface area contributed by atoms with Gasteiger partial charge in [0.2, 0.25) is 0 Å². The van der Waals surface area contributed by atoms with E-state index in [1.54, 1.807) is 0 Å². The summed E-state index contributed by atoms with van der Waals surface area (Å²) in [4.78, 5) is 0. The highest BCUT2D eigenvalue weighted by Gasteiger charge is 2.20. The molecule has 0 aromatic rings. The molecule has 2 unspecified atom stereocenters. The Morgan fingerprint density at radius 2 is 1.75 bits per heavy atom. The molecule has 2 atom stereocenters. The first-order valence-corrected chi connectivity index (χ1v) is 6.48. The molecular weight excluding hydrogens is 164 g/mol. The zero-order valence-corrected chi connectivity index (χ0v) is 10.1. The van der Waals surface area contributed by atoms with Crippen molar-refractivity contribution in [3.05, 3.63) is 0 Å². The molecule has 0 saturated carbocycles. The van der Waals surface area contributed by atoms with Gasteiger partial charge in [-0.05, 0) is 30.9 Å². The highest BCUT2D eigenvalue weighted by atomic mass is 32.2. The molecule has 0 aliphatic rings. The van der Waals surface area contributed by atoms with Crippen LogP contribution in [0.5, 0.6) is 0 Å². The molecule has 0 spiro atoms. The van der Waals surface area contributed by atoms with Crippen molar-refractivity contribution in [2.24, 2.45) is 11.8 Å². The summed E-state index contributed by atoms with van der Waals surface area (Å²) in [5.74, 6) is 1.78. The summed E-state index contributed by atoms with van der Waals surface area (Å²) in [6, 6.07) is 0. The van der Waals surface area contributed by atoms with Gasteiger partial charge in [-0.3, -0.25) is 0 Å². The minimum absolute atomic E-state index is 0.849. The Morgan fingerprint density at radius 1 is 1.17 bits per heavy atom. The van der Waals surface area contributed by atoms with Gasteiger partial charge in [0, 0.05) is 5.25 Å². The standard InChI is InChI=1S/C11H24S/c1-6-8-10(9(3)4)11(7-2)12-5/h9-11H,6-8H2,1-5H3. The Labute approximate surface area is 82.5 Å². The van der Waals surface area contributed by atoms with E-state index in [0.717, 1.165) is 17.1 Å². The van der Waals surface area contributed by atoms with Crippen molar-refractivity contribution in [2.75, 3.05) is 6.26 Å². The minimum Gasteiger partial charge on any atom is -0.162 e. The van der Waals surface area contributed by atoms with E-state index >= 15 is 0 Å². The fraction of sp³-hybridized carbons (Fsp3) is 1.00. The zero-order valence-electron chi connectivity index (χ0n) is 9.26. The number of hydrogen-bond acceptors (Lipinski definition) is 1. The van der Waals surface area contributed by atoms with Gasteiger partial charge in [-0.1, -0.05) is 34.1 Å². The van der Waals surface area contributed by atoms with Crippen molar-refractivity contribution >= 4 is 11.8 Å².